The van der Waals surface area contributed by atoms with E-state index in [1.54, 1.807) is 30.3 Å². The molecule has 7 heteroatoms. The lowest BCUT2D eigenvalue weighted by Crippen LogP contribution is -2.18. The normalized spacial score (nSPS) is 13.4. The third-order valence-electron chi connectivity index (χ3n) is 4.31. The Hall–Kier alpha value is -0.430. The molecule has 1 unspecified atom stereocenters. The van der Waals surface area contributed by atoms with Gasteiger partial charge in [-0.05, 0) is 98.0 Å². The molecule has 0 saturated carbocycles. The molecule has 146 valence electrons. The summed E-state index contributed by atoms with van der Waals surface area (Å²) in [5, 5.41) is 0. The molecule has 0 fully saturated rings. The highest BCUT2D eigenvalue weighted by molar-refractivity contribution is 14.1. The van der Waals surface area contributed by atoms with E-state index in [9.17, 15) is 13.2 Å². The highest BCUT2D eigenvalue weighted by Gasteiger charge is 2.34. The molecule has 0 radical (unpaired) electrons. The molecule has 3 aromatic carbocycles. The molecule has 0 spiro atoms. The van der Waals surface area contributed by atoms with Crippen LogP contribution >= 0.6 is 67.8 Å². The Labute approximate surface area is 201 Å². The van der Waals surface area contributed by atoms with Crippen LogP contribution in [0.15, 0.2) is 48.5 Å². The van der Waals surface area contributed by atoms with E-state index in [2.05, 4.69) is 0 Å². The lowest BCUT2D eigenvalue weighted by molar-refractivity contribution is 0.303. The second-order valence-corrected chi connectivity index (χ2v) is 10.4. The molecule has 0 heterocycles. The van der Waals surface area contributed by atoms with Crippen molar-refractivity contribution in [2.75, 3.05) is 0 Å². The fourth-order valence-corrected chi connectivity index (χ4v) is 4.68. The van der Waals surface area contributed by atoms with Crippen molar-refractivity contribution < 1.29 is 17.6 Å². The van der Waals surface area contributed by atoms with Crippen molar-refractivity contribution >= 4 is 67.8 Å². The molecule has 3 rings (SSSR count). The van der Waals surface area contributed by atoms with Gasteiger partial charge in [0.05, 0.1) is 3.57 Å². The number of aryl methyl sites for hydroxylation is 1. The predicted molar refractivity (Wildman–Crippen MR) is 129 cm³/mol. The summed E-state index contributed by atoms with van der Waals surface area (Å²) in [6.07, 6.45) is -0.280. The first-order valence-electron chi connectivity index (χ1n) is 8.17. The van der Waals surface area contributed by atoms with Gasteiger partial charge < -0.3 is 0 Å². The van der Waals surface area contributed by atoms with Crippen LogP contribution in [0.1, 0.15) is 16.7 Å². The zero-order valence-electron chi connectivity index (χ0n) is 14.5. The number of rotatable bonds is 4. The van der Waals surface area contributed by atoms with Crippen LogP contribution in [-0.4, -0.2) is 0 Å². The molecule has 0 aromatic heterocycles. The minimum Gasteiger partial charge on any atom is -0.227 e. The van der Waals surface area contributed by atoms with Crippen molar-refractivity contribution in [1.82, 2.24) is 0 Å². The van der Waals surface area contributed by atoms with Gasteiger partial charge in [-0.1, -0.05) is 42.0 Å². The Morgan fingerprint density at radius 3 is 2.14 bits per heavy atom. The van der Waals surface area contributed by atoms with Crippen LogP contribution in [0.3, 0.4) is 0 Å². The maximum atomic E-state index is 15.4. The van der Waals surface area contributed by atoms with Gasteiger partial charge in [-0.3, -0.25) is 0 Å². The first-order valence-corrected chi connectivity index (χ1v) is 11.4. The highest BCUT2D eigenvalue weighted by atomic mass is 127. The summed E-state index contributed by atoms with van der Waals surface area (Å²) in [6.45, 7) is 1.89. The maximum absolute atomic E-state index is 15.4. The Morgan fingerprint density at radius 1 is 0.893 bits per heavy atom. The van der Waals surface area contributed by atoms with Crippen LogP contribution < -0.4 is 0 Å². The van der Waals surface area contributed by atoms with Gasteiger partial charge in [-0.25, -0.2) is 17.6 Å². The van der Waals surface area contributed by atoms with Crippen LogP contribution in [0.4, 0.5) is 17.6 Å². The van der Waals surface area contributed by atoms with Crippen molar-refractivity contribution in [2.45, 2.75) is 17.0 Å². The Morgan fingerprint density at radius 2 is 1.54 bits per heavy atom. The van der Waals surface area contributed by atoms with E-state index < -0.39 is 26.7 Å². The van der Waals surface area contributed by atoms with Crippen LogP contribution in [0, 0.1) is 31.5 Å². The summed E-state index contributed by atoms with van der Waals surface area (Å²) in [5.74, 6) is -2.78. The minimum absolute atomic E-state index is 0.0725. The summed E-state index contributed by atoms with van der Waals surface area (Å²) in [7, 11) is 0. The Balaban J connectivity index is 1.98. The van der Waals surface area contributed by atoms with Gasteiger partial charge in [0, 0.05) is 21.1 Å². The predicted octanol–water partition coefficient (Wildman–Crippen LogP) is 8.09. The summed E-state index contributed by atoms with van der Waals surface area (Å²) in [5.41, 5.74) is 1.57. The molecular formula is C21H13F4I3. The fraction of sp³-hybridized carbons (Fsp3) is 0.143. The van der Waals surface area contributed by atoms with E-state index in [4.69, 9.17) is 0 Å². The summed E-state index contributed by atoms with van der Waals surface area (Å²) < 4.78 is 57.6. The smallest absolute Gasteiger partial charge is 0.193 e. The van der Waals surface area contributed by atoms with Crippen molar-refractivity contribution in [3.63, 3.8) is 0 Å². The van der Waals surface area contributed by atoms with Gasteiger partial charge >= 0.3 is 0 Å². The third kappa shape index (κ3) is 4.66. The monoisotopic (exact) mass is 722 g/mol. The molecule has 28 heavy (non-hydrogen) atoms. The molecule has 0 N–H and O–H groups in total. The fourth-order valence-electron chi connectivity index (χ4n) is 2.85. The number of benzene rings is 3. The van der Waals surface area contributed by atoms with Gasteiger partial charge in [0.15, 0.2) is 15.3 Å². The van der Waals surface area contributed by atoms with E-state index in [1.165, 1.54) is 40.8 Å². The molecule has 3 aromatic rings. The number of hydrogen-bond donors (Lipinski definition) is 0. The largest absolute Gasteiger partial charge is 0.227 e. The van der Waals surface area contributed by atoms with Gasteiger partial charge in [0.2, 0.25) is 0 Å². The highest BCUT2D eigenvalue weighted by Crippen LogP contribution is 2.41. The first-order chi connectivity index (χ1) is 13.1. The molecule has 0 saturated heterocycles. The third-order valence-corrected chi connectivity index (χ3v) is 8.25. The first kappa shape index (κ1) is 22.3. The molecule has 0 aliphatic carbocycles. The van der Waals surface area contributed by atoms with Crippen LogP contribution in [0.25, 0.3) is 11.1 Å². The van der Waals surface area contributed by atoms with Crippen molar-refractivity contribution in [1.29, 1.82) is 0 Å². The average molecular weight is 722 g/mol. The summed E-state index contributed by atoms with van der Waals surface area (Å²) >= 11 is 5.28. The lowest BCUT2D eigenvalue weighted by atomic mass is 9.97. The quantitative estimate of drug-likeness (QED) is 0.111. The second-order valence-electron chi connectivity index (χ2n) is 6.41. The summed E-state index contributed by atoms with van der Waals surface area (Å²) in [6, 6.07) is 12.5. The zero-order chi connectivity index (χ0) is 20.6. The standard InChI is InChI=1S/C21H13F4I3/c1-11-2-4-13(5-3-11)14-6-7-15(19(24)18(14)23)21(25,28)10-12-8-16(22)20(27)17(26)9-12/h2-9H,10H2,1H3. The van der Waals surface area contributed by atoms with Gasteiger partial charge in [0.25, 0.3) is 0 Å². The van der Waals surface area contributed by atoms with Gasteiger partial charge in [0.1, 0.15) is 5.82 Å². The second kappa shape index (κ2) is 8.75. The minimum atomic E-state index is -2.23. The zero-order valence-corrected chi connectivity index (χ0v) is 20.9. The van der Waals surface area contributed by atoms with E-state index in [0.29, 0.717) is 18.3 Å². The van der Waals surface area contributed by atoms with Gasteiger partial charge in [-0.2, -0.15) is 0 Å². The topological polar surface area (TPSA) is 0 Å². The van der Waals surface area contributed by atoms with Crippen LogP contribution in [0.2, 0.25) is 0 Å². The molecule has 1 atom stereocenters. The average Bonchev–Trinajstić information content (AvgIpc) is 2.62. The number of hydrogen-bond acceptors (Lipinski definition) is 0. The molecule has 0 aliphatic heterocycles. The Bertz CT molecular complexity index is 1010. The van der Waals surface area contributed by atoms with Gasteiger partial charge in [-0.15, -0.1) is 0 Å². The summed E-state index contributed by atoms with van der Waals surface area (Å²) in [4.78, 5) is 0. The molecule has 0 nitrogen and oxygen atoms in total. The van der Waals surface area contributed by atoms with E-state index >= 15 is 4.39 Å². The van der Waals surface area contributed by atoms with Crippen molar-refractivity contribution in [3.8, 4) is 11.1 Å². The maximum Gasteiger partial charge on any atom is 0.193 e. The van der Waals surface area contributed by atoms with Crippen LogP contribution in [-0.2, 0) is 10.1 Å². The number of alkyl halides is 2. The van der Waals surface area contributed by atoms with Crippen molar-refractivity contribution in [3.05, 3.63) is 89.8 Å². The lowest BCUT2D eigenvalue weighted by Gasteiger charge is -2.21. The number of halogens is 7. The van der Waals surface area contributed by atoms with Crippen molar-refractivity contribution in [2.24, 2.45) is 0 Å². The van der Waals surface area contributed by atoms with Crippen LogP contribution in [0.5, 0.6) is 0 Å². The molecule has 0 amide bonds. The molecule has 0 aliphatic rings. The van der Waals surface area contributed by atoms with E-state index in [-0.39, 0.29) is 12.0 Å². The molecular weight excluding hydrogens is 709 g/mol. The Kier molecular flexibility index (Phi) is 6.95. The van der Waals surface area contributed by atoms with E-state index in [1.807, 2.05) is 52.1 Å². The SMILES string of the molecule is Cc1ccc(-c2ccc(C(F)(I)Cc3cc(F)c(I)c(I)c3)c(F)c2F)cc1. The molecule has 0 bridgehead atoms. The van der Waals surface area contributed by atoms with E-state index in [0.717, 1.165) is 5.56 Å².